The SMILES string of the molecule is CCc1oc(C(=O)Nc2cccc(C(=O)N(CC)CC)c2)cc1C(=O)O. The van der Waals surface area contributed by atoms with Crippen LogP contribution in [0, 0.1) is 0 Å². The molecule has 1 heterocycles. The van der Waals surface area contributed by atoms with Crippen LogP contribution >= 0.6 is 0 Å². The zero-order chi connectivity index (χ0) is 19.3. The third kappa shape index (κ3) is 4.11. The van der Waals surface area contributed by atoms with Crippen LogP contribution in [-0.2, 0) is 6.42 Å². The molecule has 0 radical (unpaired) electrons. The maximum Gasteiger partial charge on any atom is 0.339 e. The Kier molecular flexibility index (Phi) is 6.16. The molecule has 2 amide bonds. The molecule has 0 saturated carbocycles. The van der Waals surface area contributed by atoms with Gasteiger partial charge in [0, 0.05) is 36.8 Å². The topological polar surface area (TPSA) is 99.9 Å². The fraction of sp³-hybridized carbons (Fsp3) is 0.316. The Morgan fingerprint density at radius 2 is 1.81 bits per heavy atom. The highest BCUT2D eigenvalue weighted by atomic mass is 16.4. The van der Waals surface area contributed by atoms with E-state index >= 15 is 0 Å². The summed E-state index contributed by atoms with van der Waals surface area (Å²) in [6.07, 6.45) is 0.364. The first kappa shape index (κ1) is 19.2. The average molecular weight is 358 g/mol. The summed E-state index contributed by atoms with van der Waals surface area (Å²) in [5.74, 6) is -1.67. The van der Waals surface area contributed by atoms with Gasteiger partial charge < -0.3 is 19.7 Å². The zero-order valence-corrected chi connectivity index (χ0v) is 15.0. The molecular weight excluding hydrogens is 336 g/mol. The molecule has 1 aromatic heterocycles. The molecule has 0 unspecified atom stereocenters. The number of hydrogen-bond acceptors (Lipinski definition) is 4. The summed E-state index contributed by atoms with van der Waals surface area (Å²) in [6, 6.07) is 7.80. The van der Waals surface area contributed by atoms with Gasteiger partial charge >= 0.3 is 5.97 Å². The first-order valence-electron chi connectivity index (χ1n) is 8.47. The van der Waals surface area contributed by atoms with Gasteiger partial charge in [-0.3, -0.25) is 9.59 Å². The van der Waals surface area contributed by atoms with Crippen molar-refractivity contribution in [3.8, 4) is 0 Å². The molecule has 0 aliphatic carbocycles. The summed E-state index contributed by atoms with van der Waals surface area (Å²) >= 11 is 0. The second-order valence-electron chi connectivity index (χ2n) is 5.62. The fourth-order valence-corrected chi connectivity index (χ4v) is 2.60. The predicted octanol–water partition coefficient (Wildman–Crippen LogP) is 3.27. The van der Waals surface area contributed by atoms with Gasteiger partial charge in [0.2, 0.25) is 0 Å². The Labute approximate surface area is 151 Å². The molecule has 2 rings (SSSR count). The van der Waals surface area contributed by atoms with E-state index in [-0.39, 0.29) is 23.0 Å². The van der Waals surface area contributed by atoms with Gasteiger partial charge in [-0.15, -0.1) is 0 Å². The number of nitrogens with one attached hydrogen (secondary N) is 1. The van der Waals surface area contributed by atoms with Gasteiger partial charge in [0.25, 0.3) is 11.8 Å². The minimum Gasteiger partial charge on any atom is -0.478 e. The number of anilines is 1. The Morgan fingerprint density at radius 1 is 1.12 bits per heavy atom. The Morgan fingerprint density at radius 3 is 2.35 bits per heavy atom. The van der Waals surface area contributed by atoms with Crippen molar-refractivity contribution >= 4 is 23.5 Å². The van der Waals surface area contributed by atoms with Crippen molar-refractivity contribution in [3.63, 3.8) is 0 Å². The molecule has 2 N–H and O–H groups in total. The number of carbonyl (C=O) groups excluding carboxylic acids is 2. The molecule has 0 saturated heterocycles. The van der Waals surface area contributed by atoms with E-state index in [9.17, 15) is 14.4 Å². The van der Waals surface area contributed by atoms with Crippen LogP contribution < -0.4 is 5.32 Å². The van der Waals surface area contributed by atoms with Crippen LogP contribution in [0.25, 0.3) is 0 Å². The van der Waals surface area contributed by atoms with Gasteiger partial charge in [-0.1, -0.05) is 13.0 Å². The maximum absolute atomic E-state index is 12.4. The van der Waals surface area contributed by atoms with E-state index in [4.69, 9.17) is 9.52 Å². The van der Waals surface area contributed by atoms with Crippen LogP contribution in [0.4, 0.5) is 5.69 Å². The Balaban J connectivity index is 2.21. The van der Waals surface area contributed by atoms with Crippen LogP contribution in [-0.4, -0.2) is 40.9 Å². The molecule has 0 atom stereocenters. The Hall–Kier alpha value is -3.09. The number of aryl methyl sites for hydroxylation is 1. The second kappa shape index (κ2) is 8.33. The van der Waals surface area contributed by atoms with Crippen LogP contribution in [0.15, 0.2) is 34.7 Å². The van der Waals surface area contributed by atoms with Crippen LogP contribution in [0.2, 0.25) is 0 Å². The first-order valence-corrected chi connectivity index (χ1v) is 8.47. The summed E-state index contributed by atoms with van der Waals surface area (Å²) in [4.78, 5) is 37.6. The second-order valence-corrected chi connectivity index (χ2v) is 5.62. The van der Waals surface area contributed by atoms with Gasteiger partial charge in [-0.2, -0.15) is 0 Å². The fourth-order valence-electron chi connectivity index (χ4n) is 2.60. The molecule has 0 bridgehead atoms. The normalized spacial score (nSPS) is 10.4. The molecule has 0 aliphatic rings. The predicted molar refractivity (Wildman–Crippen MR) is 96.7 cm³/mol. The highest BCUT2D eigenvalue weighted by Crippen LogP contribution is 2.19. The third-order valence-corrected chi connectivity index (χ3v) is 4.00. The van der Waals surface area contributed by atoms with E-state index in [1.807, 2.05) is 13.8 Å². The highest BCUT2D eigenvalue weighted by molar-refractivity contribution is 6.05. The van der Waals surface area contributed by atoms with Crippen molar-refractivity contribution < 1.29 is 23.9 Å². The van der Waals surface area contributed by atoms with E-state index in [1.165, 1.54) is 6.07 Å². The maximum atomic E-state index is 12.4. The van der Waals surface area contributed by atoms with Gasteiger partial charge in [-0.25, -0.2) is 4.79 Å². The van der Waals surface area contributed by atoms with Gasteiger partial charge in [-0.05, 0) is 32.0 Å². The third-order valence-electron chi connectivity index (χ3n) is 4.00. The highest BCUT2D eigenvalue weighted by Gasteiger charge is 2.20. The smallest absolute Gasteiger partial charge is 0.339 e. The van der Waals surface area contributed by atoms with Crippen LogP contribution in [0.3, 0.4) is 0 Å². The van der Waals surface area contributed by atoms with Crippen molar-refractivity contribution in [2.24, 2.45) is 0 Å². The molecule has 1 aromatic carbocycles. The van der Waals surface area contributed by atoms with E-state index in [0.29, 0.717) is 30.8 Å². The van der Waals surface area contributed by atoms with Crippen molar-refractivity contribution in [1.82, 2.24) is 4.90 Å². The molecule has 0 spiro atoms. The number of carboxylic acids is 1. The van der Waals surface area contributed by atoms with Crippen molar-refractivity contribution in [2.45, 2.75) is 27.2 Å². The van der Waals surface area contributed by atoms with Gasteiger partial charge in [0.1, 0.15) is 11.3 Å². The van der Waals surface area contributed by atoms with Crippen molar-refractivity contribution in [3.05, 3.63) is 53.0 Å². The van der Waals surface area contributed by atoms with Crippen LogP contribution in [0.5, 0.6) is 0 Å². The van der Waals surface area contributed by atoms with Crippen molar-refractivity contribution in [1.29, 1.82) is 0 Å². The van der Waals surface area contributed by atoms with E-state index in [1.54, 1.807) is 36.1 Å². The lowest BCUT2D eigenvalue weighted by molar-refractivity contribution is 0.0693. The molecule has 0 aliphatic heterocycles. The number of amides is 2. The number of benzene rings is 1. The molecule has 138 valence electrons. The lowest BCUT2D eigenvalue weighted by Gasteiger charge is -2.18. The zero-order valence-electron chi connectivity index (χ0n) is 15.0. The van der Waals surface area contributed by atoms with Gasteiger partial charge in [0.05, 0.1) is 0 Å². The summed E-state index contributed by atoms with van der Waals surface area (Å²) in [6.45, 7) is 6.73. The molecular formula is C19H22N2O5. The summed E-state index contributed by atoms with van der Waals surface area (Å²) < 4.78 is 5.34. The molecule has 7 heteroatoms. The van der Waals surface area contributed by atoms with Gasteiger partial charge in [0.15, 0.2) is 5.76 Å². The monoisotopic (exact) mass is 358 g/mol. The number of carboxylic acid groups (broad SMARTS) is 1. The summed E-state index contributed by atoms with van der Waals surface area (Å²) in [5.41, 5.74) is 0.869. The standard InChI is InChI=1S/C19H22N2O5/c1-4-15-14(19(24)25)11-16(26-15)17(22)20-13-9-7-8-12(10-13)18(23)21(5-2)6-3/h7-11H,4-6H2,1-3H3,(H,20,22)(H,24,25). The number of hydrogen-bond donors (Lipinski definition) is 2. The minimum atomic E-state index is -1.14. The van der Waals surface area contributed by atoms with E-state index in [2.05, 4.69) is 5.32 Å². The van der Waals surface area contributed by atoms with Crippen molar-refractivity contribution in [2.75, 3.05) is 18.4 Å². The molecule has 26 heavy (non-hydrogen) atoms. The minimum absolute atomic E-state index is 0.0249. The lowest BCUT2D eigenvalue weighted by Crippen LogP contribution is -2.30. The summed E-state index contributed by atoms with van der Waals surface area (Å²) in [5, 5.41) is 11.8. The number of aromatic carboxylic acids is 1. The van der Waals surface area contributed by atoms with E-state index < -0.39 is 11.9 Å². The number of rotatable bonds is 7. The average Bonchev–Trinajstić information content (AvgIpc) is 3.08. The lowest BCUT2D eigenvalue weighted by atomic mass is 10.1. The molecule has 2 aromatic rings. The first-order chi connectivity index (χ1) is 12.4. The van der Waals surface area contributed by atoms with E-state index in [0.717, 1.165) is 0 Å². The molecule has 7 nitrogen and oxygen atoms in total. The van der Waals surface area contributed by atoms with Crippen LogP contribution in [0.1, 0.15) is 57.8 Å². The summed E-state index contributed by atoms with van der Waals surface area (Å²) in [7, 11) is 0. The quantitative estimate of drug-likeness (QED) is 0.791. The number of furan rings is 1. The number of nitrogens with zero attached hydrogens (tertiary/aromatic N) is 1. The molecule has 0 fully saturated rings. The number of carbonyl (C=O) groups is 3. The largest absolute Gasteiger partial charge is 0.478 e. The Bertz CT molecular complexity index is 821.